The van der Waals surface area contributed by atoms with E-state index in [4.69, 9.17) is 0 Å². The first kappa shape index (κ1) is 17.4. The van der Waals surface area contributed by atoms with Crippen LogP contribution in [-0.2, 0) is 16.0 Å². The molecule has 23 heavy (non-hydrogen) atoms. The van der Waals surface area contributed by atoms with Crippen LogP contribution in [0.2, 0.25) is 0 Å². The standard InChI is InChI=1S/C18H25FN2O2/c1-4-20(5-2)17(22)8-9-18(23)21-11-10-14-6-7-15(19)12-16(14)13(21)3/h6-7,12-13H,4-5,8-11H2,1-3H3. The van der Waals surface area contributed by atoms with Gasteiger partial charge in [-0.2, -0.15) is 0 Å². The fraction of sp³-hybridized carbons (Fsp3) is 0.556. The van der Waals surface area contributed by atoms with Crippen LogP contribution in [-0.4, -0.2) is 41.2 Å². The van der Waals surface area contributed by atoms with E-state index >= 15 is 0 Å². The second-order valence-corrected chi connectivity index (χ2v) is 5.92. The zero-order chi connectivity index (χ0) is 17.0. The maximum Gasteiger partial charge on any atom is 0.223 e. The lowest BCUT2D eigenvalue weighted by Crippen LogP contribution is -2.39. The van der Waals surface area contributed by atoms with Gasteiger partial charge in [-0.3, -0.25) is 9.59 Å². The number of fused-ring (bicyclic) bond motifs is 1. The van der Waals surface area contributed by atoms with Crippen molar-refractivity contribution in [2.45, 2.75) is 46.1 Å². The minimum Gasteiger partial charge on any atom is -0.343 e. The molecular formula is C18H25FN2O2. The minimum absolute atomic E-state index is 0.0134. The molecule has 5 heteroatoms. The second-order valence-electron chi connectivity index (χ2n) is 5.92. The van der Waals surface area contributed by atoms with E-state index in [0.29, 0.717) is 19.6 Å². The SMILES string of the molecule is CCN(CC)C(=O)CCC(=O)N1CCc2ccc(F)cc2C1C. The zero-order valence-corrected chi connectivity index (χ0v) is 14.1. The zero-order valence-electron chi connectivity index (χ0n) is 14.1. The van der Waals surface area contributed by atoms with E-state index in [1.165, 1.54) is 12.1 Å². The molecule has 1 aliphatic rings. The van der Waals surface area contributed by atoms with Gasteiger partial charge in [-0.15, -0.1) is 0 Å². The predicted octanol–water partition coefficient (Wildman–Crippen LogP) is 2.92. The van der Waals surface area contributed by atoms with Gasteiger partial charge in [0.15, 0.2) is 0 Å². The summed E-state index contributed by atoms with van der Waals surface area (Å²) in [5.74, 6) is -0.297. The Hall–Kier alpha value is -1.91. The topological polar surface area (TPSA) is 40.6 Å². The molecule has 126 valence electrons. The van der Waals surface area contributed by atoms with Crippen LogP contribution in [0.4, 0.5) is 4.39 Å². The van der Waals surface area contributed by atoms with Crippen molar-refractivity contribution in [2.24, 2.45) is 0 Å². The molecule has 0 saturated carbocycles. The van der Waals surface area contributed by atoms with E-state index in [2.05, 4.69) is 0 Å². The molecule has 0 N–H and O–H groups in total. The number of halogens is 1. The Kier molecular flexibility index (Phi) is 5.74. The van der Waals surface area contributed by atoms with Gasteiger partial charge in [0.25, 0.3) is 0 Å². The van der Waals surface area contributed by atoms with Crippen LogP contribution in [0.5, 0.6) is 0 Å². The van der Waals surface area contributed by atoms with E-state index in [1.54, 1.807) is 15.9 Å². The van der Waals surface area contributed by atoms with Crippen molar-refractivity contribution in [3.05, 3.63) is 35.1 Å². The molecule has 0 bridgehead atoms. The van der Waals surface area contributed by atoms with Crippen LogP contribution >= 0.6 is 0 Å². The molecular weight excluding hydrogens is 295 g/mol. The molecule has 1 aromatic rings. The van der Waals surface area contributed by atoms with E-state index in [0.717, 1.165) is 17.5 Å². The molecule has 2 rings (SSSR count). The summed E-state index contributed by atoms with van der Waals surface area (Å²) >= 11 is 0. The lowest BCUT2D eigenvalue weighted by Gasteiger charge is -2.35. The number of nitrogens with zero attached hydrogens (tertiary/aromatic N) is 2. The van der Waals surface area contributed by atoms with Crippen LogP contribution < -0.4 is 0 Å². The highest BCUT2D eigenvalue weighted by molar-refractivity contribution is 5.84. The van der Waals surface area contributed by atoms with Crippen molar-refractivity contribution in [3.63, 3.8) is 0 Å². The highest BCUT2D eigenvalue weighted by atomic mass is 19.1. The highest BCUT2D eigenvalue weighted by Gasteiger charge is 2.28. The van der Waals surface area contributed by atoms with Gasteiger partial charge in [0.2, 0.25) is 11.8 Å². The second kappa shape index (κ2) is 7.57. The van der Waals surface area contributed by atoms with Gasteiger partial charge >= 0.3 is 0 Å². The van der Waals surface area contributed by atoms with Crippen molar-refractivity contribution in [1.82, 2.24) is 9.80 Å². The summed E-state index contributed by atoms with van der Waals surface area (Å²) in [6, 6.07) is 4.63. The predicted molar refractivity (Wildman–Crippen MR) is 87.4 cm³/mol. The van der Waals surface area contributed by atoms with Gasteiger partial charge in [0.1, 0.15) is 5.82 Å². The van der Waals surface area contributed by atoms with Gasteiger partial charge < -0.3 is 9.80 Å². The number of rotatable bonds is 5. The fourth-order valence-electron chi connectivity index (χ4n) is 3.22. The Morgan fingerprint density at radius 3 is 2.61 bits per heavy atom. The summed E-state index contributed by atoms with van der Waals surface area (Å²) in [6.45, 7) is 7.73. The van der Waals surface area contributed by atoms with Gasteiger partial charge in [-0.1, -0.05) is 6.07 Å². The lowest BCUT2D eigenvalue weighted by molar-refractivity contribution is -0.138. The Bertz CT molecular complexity index is 584. The molecule has 0 aliphatic carbocycles. The summed E-state index contributed by atoms with van der Waals surface area (Å²) in [4.78, 5) is 28.0. The average molecular weight is 320 g/mol. The summed E-state index contributed by atoms with van der Waals surface area (Å²) in [6.07, 6.45) is 1.18. The Labute approximate surface area is 137 Å². The van der Waals surface area contributed by atoms with E-state index < -0.39 is 0 Å². The van der Waals surface area contributed by atoms with Crippen LogP contribution in [0.3, 0.4) is 0 Å². The quantitative estimate of drug-likeness (QED) is 0.837. The number of amides is 2. The first-order chi connectivity index (χ1) is 11.0. The van der Waals surface area contributed by atoms with Crippen LogP contribution in [0.1, 0.15) is 50.8 Å². The first-order valence-electron chi connectivity index (χ1n) is 8.33. The van der Waals surface area contributed by atoms with Crippen molar-refractivity contribution in [3.8, 4) is 0 Å². The van der Waals surface area contributed by atoms with Gasteiger partial charge in [-0.05, 0) is 50.5 Å². The average Bonchev–Trinajstić information content (AvgIpc) is 2.54. The first-order valence-corrected chi connectivity index (χ1v) is 8.33. The van der Waals surface area contributed by atoms with Gasteiger partial charge in [-0.25, -0.2) is 4.39 Å². The third kappa shape index (κ3) is 3.89. The molecule has 1 heterocycles. The Balaban J connectivity index is 2.00. The van der Waals surface area contributed by atoms with E-state index in [-0.39, 0.29) is 36.5 Å². The number of hydrogen-bond acceptors (Lipinski definition) is 2. The monoisotopic (exact) mass is 320 g/mol. The third-order valence-corrected chi connectivity index (χ3v) is 4.64. The van der Waals surface area contributed by atoms with Crippen molar-refractivity contribution in [1.29, 1.82) is 0 Å². The molecule has 1 aliphatic heterocycles. The van der Waals surface area contributed by atoms with Crippen LogP contribution in [0, 0.1) is 5.82 Å². The summed E-state index contributed by atoms with van der Waals surface area (Å²) in [5.41, 5.74) is 1.97. The molecule has 0 fully saturated rings. The largest absolute Gasteiger partial charge is 0.343 e. The summed E-state index contributed by atoms with van der Waals surface area (Å²) < 4.78 is 13.5. The van der Waals surface area contributed by atoms with Gasteiger partial charge in [0, 0.05) is 32.5 Å². The number of hydrogen-bond donors (Lipinski definition) is 0. The molecule has 0 saturated heterocycles. The third-order valence-electron chi connectivity index (χ3n) is 4.64. The molecule has 1 aromatic carbocycles. The minimum atomic E-state index is -0.276. The van der Waals surface area contributed by atoms with Gasteiger partial charge in [0.05, 0.1) is 6.04 Å². The molecule has 0 aromatic heterocycles. The van der Waals surface area contributed by atoms with Crippen LogP contribution in [0.15, 0.2) is 18.2 Å². The molecule has 4 nitrogen and oxygen atoms in total. The maximum atomic E-state index is 13.5. The summed E-state index contributed by atoms with van der Waals surface area (Å²) in [5, 5.41) is 0. The van der Waals surface area contributed by atoms with E-state index in [9.17, 15) is 14.0 Å². The molecule has 1 atom stereocenters. The number of carbonyl (C=O) groups excluding carboxylic acids is 2. The summed E-state index contributed by atoms with van der Waals surface area (Å²) in [7, 11) is 0. The van der Waals surface area contributed by atoms with E-state index in [1.807, 2.05) is 20.8 Å². The molecule has 0 spiro atoms. The lowest BCUT2D eigenvalue weighted by atomic mass is 9.93. The Morgan fingerprint density at radius 1 is 1.26 bits per heavy atom. The van der Waals surface area contributed by atoms with Crippen molar-refractivity contribution in [2.75, 3.05) is 19.6 Å². The number of benzene rings is 1. The highest BCUT2D eigenvalue weighted by Crippen LogP contribution is 2.30. The van der Waals surface area contributed by atoms with Crippen molar-refractivity contribution >= 4 is 11.8 Å². The fourth-order valence-corrected chi connectivity index (χ4v) is 3.22. The Morgan fingerprint density at radius 2 is 1.96 bits per heavy atom. The molecule has 1 unspecified atom stereocenters. The maximum absolute atomic E-state index is 13.5. The van der Waals surface area contributed by atoms with Crippen molar-refractivity contribution < 1.29 is 14.0 Å². The smallest absolute Gasteiger partial charge is 0.223 e. The normalized spacial score (nSPS) is 16.9. The molecule has 0 radical (unpaired) electrons. The molecule has 2 amide bonds. The van der Waals surface area contributed by atoms with Crippen LogP contribution in [0.25, 0.3) is 0 Å². The number of carbonyl (C=O) groups is 2.